The monoisotopic (exact) mass is 441 g/mol. The highest BCUT2D eigenvalue weighted by Crippen LogP contribution is 2.31. The molecule has 0 heterocycles. The maximum Gasteiger partial charge on any atom is 0.338 e. The van der Waals surface area contributed by atoms with Gasteiger partial charge in [0, 0.05) is 5.56 Å². The van der Waals surface area contributed by atoms with Gasteiger partial charge in [0.15, 0.2) is 0 Å². The van der Waals surface area contributed by atoms with Gasteiger partial charge in [-0.05, 0) is 49.2 Å². The van der Waals surface area contributed by atoms with Crippen molar-refractivity contribution in [2.75, 3.05) is 6.61 Å². The van der Waals surface area contributed by atoms with Crippen LogP contribution in [-0.2, 0) is 19.2 Å². The highest BCUT2D eigenvalue weighted by molar-refractivity contribution is 6.11. The third-order valence-corrected chi connectivity index (χ3v) is 5.93. The second-order valence-corrected chi connectivity index (χ2v) is 9.27. The third-order valence-electron chi connectivity index (χ3n) is 5.93. The van der Waals surface area contributed by atoms with Gasteiger partial charge in [0.05, 0.1) is 11.8 Å². The van der Waals surface area contributed by atoms with Gasteiger partial charge in [-0.15, -0.1) is 0 Å². The summed E-state index contributed by atoms with van der Waals surface area (Å²) in [6.07, 6.45) is 0.635. The first-order valence-electron chi connectivity index (χ1n) is 11.3. The van der Waals surface area contributed by atoms with E-state index in [0.717, 1.165) is 11.1 Å². The van der Waals surface area contributed by atoms with Crippen LogP contribution in [0.25, 0.3) is 0 Å². The molecule has 1 rings (SSSR count). The van der Waals surface area contributed by atoms with Crippen molar-refractivity contribution in [3.05, 3.63) is 60.2 Å². The molecule has 0 bridgehead atoms. The second-order valence-electron chi connectivity index (χ2n) is 9.27. The van der Waals surface area contributed by atoms with Gasteiger partial charge in [-0.25, -0.2) is 4.79 Å². The number of hydrogen-bond acceptors (Lipinski definition) is 5. The Morgan fingerprint density at radius 3 is 2.06 bits per heavy atom. The van der Waals surface area contributed by atoms with Crippen LogP contribution in [0.1, 0.15) is 60.5 Å². The van der Waals surface area contributed by atoms with Crippen LogP contribution in [0.3, 0.4) is 0 Å². The number of oxime groups is 1. The summed E-state index contributed by atoms with van der Waals surface area (Å²) in [5.41, 5.74) is 2.91. The first-order valence-corrected chi connectivity index (χ1v) is 11.3. The van der Waals surface area contributed by atoms with Crippen molar-refractivity contribution in [3.63, 3.8) is 0 Å². The molecule has 0 radical (unpaired) electrons. The normalized spacial score (nSPS) is 15.4. The lowest BCUT2D eigenvalue weighted by molar-refractivity contribution is -0.151. The Morgan fingerprint density at radius 1 is 0.969 bits per heavy atom. The zero-order chi connectivity index (χ0) is 24.4. The summed E-state index contributed by atoms with van der Waals surface area (Å²) < 4.78 is 5.39. The van der Waals surface area contributed by atoms with Crippen LogP contribution in [0, 0.1) is 29.6 Å². The molecule has 4 unspecified atom stereocenters. The number of hydrogen-bond donors (Lipinski definition) is 0. The number of carbonyl (C=O) groups excluding carboxylic acids is 2. The number of nitrogens with zero attached hydrogens (tertiary/aromatic N) is 1. The third kappa shape index (κ3) is 8.45. The number of allylic oxidation sites excluding steroid dienone is 1. The summed E-state index contributed by atoms with van der Waals surface area (Å²) in [5.74, 6) is -0.978. The molecule has 5 heteroatoms. The average molecular weight is 442 g/mol. The molecule has 0 spiro atoms. The maximum atomic E-state index is 12.7. The standard InChI is InChI=1S/C27H39NO4/c1-17(2)16-31-27(30)24(18(3)4)15-20(7)21(8)22(9)26(29)32-28-25(19(5)6)23-13-11-10-12-14-23/h10-14,18,20-22,24H,1,5,15-16H2,2-4,6-9H3/b28-25+. The van der Waals surface area contributed by atoms with Crippen LogP contribution < -0.4 is 0 Å². The molecule has 0 N–H and O–H groups in total. The van der Waals surface area contributed by atoms with Gasteiger partial charge >= 0.3 is 11.9 Å². The van der Waals surface area contributed by atoms with Gasteiger partial charge < -0.3 is 9.57 Å². The Hall–Kier alpha value is -2.69. The zero-order valence-electron chi connectivity index (χ0n) is 20.7. The molecular formula is C27H39NO4. The summed E-state index contributed by atoms with van der Waals surface area (Å²) in [4.78, 5) is 30.6. The first-order chi connectivity index (χ1) is 15.0. The molecular weight excluding hydrogens is 402 g/mol. The van der Waals surface area contributed by atoms with Crippen molar-refractivity contribution in [2.45, 2.75) is 54.9 Å². The molecule has 32 heavy (non-hydrogen) atoms. The fraction of sp³-hybridized carbons (Fsp3) is 0.519. The van der Waals surface area contributed by atoms with Crippen LogP contribution in [-0.4, -0.2) is 24.3 Å². The van der Waals surface area contributed by atoms with Crippen molar-refractivity contribution in [1.82, 2.24) is 0 Å². The van der Waals surface area contributed by atoms with E-state index in [0.29, 0.717) is 17.7 Å². The molecule has 0 amide bonds. The Kier molecular flexibility index (Phi) is 11.1. The zero-order valence-corrected chi connectivity index (χ0v) is 20.7. The molecule has 0 saturated carbocycles. The average Bonchev–Trinajstić information content (AvgIpc) is 2.74. The molecule has 0 saturated heterocycles. The Balaban J connectivity index is 2.82. The SMILES string of the molecule is C=C(C)COC(=O)C(CC(C)C(C)C(C)C(=O)O/N=C(\C(=C)C)c1ccccc1)C(C)C. The van der Waals surface area contributed by atoms with E-state index in [4.69, 9.17) is 9.57 Å². The van der Waals surface area contributed by atoms with E-state index < -0.39 is 5.97 Å². The van der Waals surface area contributed by atoms with Crippen LogP contribution in [0.15, 0.2) is 59.8 Å². The van der Waals surface area contributed by atoms with Gasteiger partial charge in [0.25, 0.3) is 0 Å². The molecule has 5 nitrogen and oxygen atoms in total. The summed E-state index contributed by atoms with van der Waals surface area (Å²) in [6, 6.07) is 9.50. The molecule has 0 fully saturated rings. The second kappa shape index (κ2) is 13.0. The lowest BCUT2D eigenvalue weighted by Gasteiger charge is -2.28. The van der Waals surface area contributed by atoms with Crippen molar-refractivity contribution in [3.8, 4) is 0 Å². The van der Waals surface area contributed by atoms with Crippen molar-refractivity contribution >= 4 is 17.7 Å². The predicted octanol–water partition coefficient (Wildman–Crippen LogP) is 6.20. The lowest BCUT2D eigenvalue weighted by Crippen LogP contribution is -2.30. The molecule has 0 aromatic heterocycles. The minimum absolute atomic E-state index is 0.00195. The van der Waals surface area contributed by atoms with E-state index in [-0.39, 0.29) is 42.2 Å². The predicted molar refractivity (Wildman–Crippen MR) is 130 cm³/mol. The fourth-order valence-corrected chi connectivity index (χ4v) is 3.41. The van der Waals surface area contributed by atoms with E-state index >= 15 is 0 Å². The van der Waals surface area contributed by atoms with Crippen molar-refractivity contribution < 1.29 is 19.2 Å². The van der Waals surface area contributed by atoms with Crippen LogP contribution in [0.2, 0.25) is 0 Å². The van der Waals surface area contributed by atoms with Gasteiger partial charge in [0.2, 0.25) is 0 Å². The van der Waals surface area contributed by atoms with Gasteiger partial charge in [-0.3, -0.25) is 4.79 Å². The van der Waals surface area contributed by atoms with Gasteiger partial charge in [-0.2, -0.15) is 0 Å². The summed E-state index contributed by atoms with van der Waals surface area (Å²) in [6.45, 7) is 21.5. The molecule has 0 aliphatic rings. The van der Waals surface area contributed by atoms with Gasteiger partial charge in [-0.1, -0.05) is 83.3 Å². The summed E-state index contributed by atoms with van der Waals surface area (Å²) in [5, 5.41) is 4.10. The molecule has 4 atom stereocenters. The van der Waals surface area contributed by atoms with Crippen molar-refractivity contribution in [2.24, 2.45) is 34.7 Å². The van der Waals surface area contributed by atoms with E-state index in [2.05, 4.69) is 25.2 Å². The highest BCUT2D eigenvalue weighted by Gasteiger charge is 2.32. The largest absolute Gasteiger partial charge is 0.461 e. The topological polar surface area (TPSA) is 65.0 Å². The molecule has 0 aliphatic carbocycles. The maximum absolute atomic E-state index is 12.7. The van der Waals surface area contributed by atoms with E-state index in [9.17, 15) is 9.59 Å². The smallest absolute Gasteiger partial charge is 0.338 e. The molecule has 1 aromatic carbocycles. The number of carbonyl (C=O) groups is 2. The molecule has 1 aromatic rings. The number of rotatable bonds is 12. The van der Waals surface area contributed by atoms with E-state index in [1.807, 2.05) is 71.9 Å². The van der Waals surface area contributed by atoms with Crippen LogP contribution in [0.4, 0.5) is 0 Å². The van der Waals surface area contributed by atoms with Crippen molar-refractivity contribution in [1.29, 1.82) is 0 Å². The lowest BCUT2D eigenvalue weighted by atomic mass is 9.77. The quantitative estimate of drug-likeness (QED) is 0.127. The Labute approximate surface area is 193 Å². The first kappa shape index (κ1) is 27.3. The van der Waals surface area contributed by atoms with E-state index in [1.54, 1.807) is 0 Å². The Bertz CT molecular complexity index is 825. The number of benzene rings is 1. The number of esters is 1. The minimum Gasteiger partial charge on any atom is -0.461 e. The van der Waals surface area contributed by atoms with Gasteiger partial charge in [0.1, 0.15) is 12.3 Å². The highest BCUT2D eigenvalue weighted by atomic mass is 16.7. The Morgan fingerprint density at radius 2 is 1.56 bits per heavy atom. The van der Waals surface area contributed by atoms with Crippen LogP contribution in [0.5, 0.6) is 0 Å². The number of ether oxygens (including phenoxy) is 1. The summed E-state index contributed by atoms with van der Waals surface area (Å²) in [7, 11) is 0. The minimum atomic E-state index is -0.398. The van der Waals surface area contributed by atoms with Crippen LogP contribution >= 0.6 is 0 Å². The molecule has 0 aliphatic heterocycles. The summed E-state index contributed by atoms with van der Waals surface area (Å²) >= 11 is 0. The molecule has 176 valence electrons. The van der Waals surface area contributed by atoms with E-state index in [1.165, 1.54) is 0 Å². The fourth-order valence-electron chi connectivity index (χ4n) is 3.41.